The average molecular weight is 415 g/mol. The van der Waals surface area contributed by atoms with Crippen molar-refractivity contribution in [1.29, 1.82) is 0 Å². The highest BCUT2D eigenvalue weighted by Crippen LogP contribution is 2.39. The number of carbonyl (C=O) groups excluding carboxylic acids is 1. The molecule has 1 heterocycles. The monoisotopic (exact) mass is 415 g/mol. The number of anilines is 1. The van der Waals surface area contributed by atoms with Crippen LogP contribution in [-0.2, 0) is 9.59 Å². The van der Waals surface area contributed by atoms with Crippen molar-refractivity contribution in [3.63, 3.8) is 0 Å². The zero-order chi connectivity index (χ0) is 20.3. The Morgan fingerprint density at radius 2 is 2.00 bits per heavy atom. The van der Waals surface area contributed by atoms with Gasteiger partial charge in [0.1, 0.15) is 0 Å². The maximum absolute atomic E-state index is 13.0. The molecule has 0 spiro atoms. The summed E-state index contributed by atoms with van der Waals surface area (Å²) in [6.45, 7) is 1.39. The highest BCUT2D eigenvalue weighted by Gasteiger charge is 2.34. The smallest absolute Gasteiger partial charge is 0.341 e. The first kappa shape index (κ1) is 19.9. The Hall–Kier alpha value is -2.84. The van der Waals surface area contributed by atoms with Gasteiger partial charge in [0.05, 0.1) is 17.7 Å². The molecule has 0 atom stereocenters. The fourth-order valence-corrected chi connectivity index (χ4v) is 4.00. The van der Waals surface area contributed by atoms with Gasteiger partial charge in [-0.15, -0.1) is 0 Å². The molecule has 0 unspecified atom stereocenters. The topological polar surface area (TPSA) is 76.1 Å². The molecule has 1 N–H and O–H groups in total. The highest BCUT2D eigenvalue weighted by molar-refractivity contribution is 8.27. The zero-order valence-electron chi connectivity index (χ0n) is 15.2. The Bertz CT molecular complexity index is 986. The molecule has 8 heteroatoms. The molecule has 3 rings (SSSR count). The number of carboxylic acids is 1. The predicted octanol–water partition coefficient (Wildman–Crippen LogP) is 3.87. The van der Waals surface area contributed by atoms with Crippen molar-refractivity contribution in [2.45, 2.75) is 6.92 Å². The molecule has 144 valence electrons. The first-order valence-corrected chi connectivity index (χ1v) is 9.50. The van der Waals surface area contributed by atoms with Crippen molar-refractivity contribution in [2.75, 3.05) is 18.6 Å². The lowest BCUT2D eigenvalue weighted by Crippen LogP contribution is -2.28. The van der Waals surface area contributed by atoms with Gasteiger partial charge >= 0.3 is 5.97 Å². The number of ether oxygens (including phenoxy) is 2. The number of aliphatic carboxylic acids is 1. The van der Waals surface area contributed by atoms with E-state index in [1.54, 1.807) is 24.3 Å². The number of carboxylic acid groups (broad SMARTS) is 1. The zero-order valence-corrected chi connectivity index (χ0v) is 16.8. The molecule has 1 amide bonds. The summed E-state index contributed by atoms with van der Waals surface area (Å²) in [5, 5.41) is 8.91. The maximum atomic E-state index is 13.0. The lowest BCUT2D eigenvalue weighted by atomic mass is 10.1. The van der Waals surface area contributed by atoms with Crippen LogP contribution in [0.5, 0.6) is 11.5 Å². The molecule has 2 aromatic carbocycles. The summed E-state index contributed by atoms with van der Waals surface area (Å²) in [7, 11) is 1.46. The van der Waals surface area contributed by atoms with E-state index in [4.69, 9.17) is 26.8 Å². The Kier molecular flexibility index (Phi) is 6.01. The van der Waals surface area contributed by atoms with Crippen LogP contribution in [0.2, 0.25) is 0 Å². The third kappa shape index (κ3) is 4.02. The van der Waals surface area contributed by atoms with E-state index in [1.165, 1.54) is 23.8 Å². The summed E-state index contributed by atoms with van der Waals surface area (Å²) < 4.78 is 11.1. The number of aryl methyl sites for hydroxylation is 1. The molecule has 1 aliphatic rings. The second-order valence-corrected chi connectivity index (χ2v) is 7.54. The van der Waals surface area contributed by atoms with Gasteiger partial charge in [-0.25, -0.2) is 4.79 Å². The summed E-state index contributed by atoms with van der Waals surface area (Å²) in [6, 6.07) is 12.6. The van der Waals surface area contributed by atoms with Crippen molar-refractivity contribution in [1.82, 2.24) is 0 Å². The van der Waals surface area contributed by atoms with Gasteiger partial charge in [-0.2, -0.15) is 0 Å². The summed E-state index contributed by atoms with van der Waals surface area (Å²) in [4.78, 5) is 25.8. The Morgan fingerprint density at radius 1 is 1.25 bits per heavy atom. The Balaban J connectivity index is 1.98. The molecule has 0 aliphatic carbocycles. The number of hydrogen-bond acceptors (Lipinski definition) is 6. The summed E-state index contributed by atoms with van der Waals surface area (Å²) in [5.41, 5.74) is 2.21. The van der Waals surface area contributed by atoms with Gasteiger partial charge in [-0.1, -0.05) is 54.3 Å². The van der Waals surface area contributed by atoms with Crippen molar-refractivity contribution < 1.29 is 24.2 Å². The number of benzene rings is 2. The lowest BCUT2D eigenvalue weighted by molar-refractivity contribution is -0.139. The van der Waals surface area contributed by atoms with Crippen molar-refractivity contribution >= 4 is 51.9 Å². The molecular formula is C20H17NO5S2. The van der Waals surface area contributed by atoms with Crippen LogP contribution in [-0.4, -0.2) is 35.0 Å². The highest BCUT2D eigenvalue weighted by atomic mass is 32.2. The molecule has 0 saturated carbocycles. The molecule has 0 radical (unpaired) electrons. The second-order valence-electron chi connectivity index (χ2n) is 5.86. The van der Waals surface area contributed by atoms with Crippen molar-refractivity contribution in [3.8, 4) is 11.5 Å². The van der Waals surface area contributed by atoms with E-state index in [0.29, 0.717) is 20.5 Å². The summed E-state index contributed by atoms with van der Waals surface area (Å²) in [6.07, 6.45) is 1.64. The van der Waals surface area contributed by atoms with Crippen LogP contribution < -0.4 is 14.4 Å². The number of amides is 1. The Labute approximate surface area is 171 Å². The van der Waals surface area contributed by atoms with Crippen LogP contribution in [0, 0.1) is 6.92 Å². The fourth-order valence-electron chi connectivity index (χ4n) is 2.73. The van der Waals surface area contributed by atoms with Gasteiger partial charge in [0.25, 0.3) is 5.91 Å². The molecule has 6 nitrogen and oxygen atoms in total. The van der Waals surface area contributed by atoms with E-state index in [2.05, 4.69) is 0 Å². The third-order valence-electron chi connectivity index (χ3n) is 4.01. The summed E-state index contributed by atoms with van der Waals surface area (Å²) >= 11 is 6.60. The number of carbonyl (C=O) groups is 2. The largest absolute Gasteiger partial charge is 0.493 e. The number of thiocarbonyl (C=S) groups is 1. The number of nitrogens with zero attached hydrogens (tertiary/aromatic N) is 1. The quantitative estimate of drug-likeness (QED) is 0.567. The number of thioether (sulfide) groups is 1. The second kappa shape index (κ2) is 8.45. The molecule has 2 aromatic rings. The van der Waals surface area contributed by atoms with Gasteiger partial charge in [0, 0.05) is 5.56 Å². The Morgan fingerprint density at radius 3 is 2.68 bits per heavy atom. The van der Waals surface area contributed by atoms with Gasteiger partial charge in [0.2, 0.25) is 0 Å². The minimum Gasteiger partial charge on any atom is -0.493 e. The van der Waals surface area contributed by atoms with Crippen LogP contribution >= 0.6 is 24.0 Å². The SMILES string of the molecule is COc1cccc(/C=C2/SC(=S)N(c3ccccc3C)C2=O)c1OCC(=O)O. The van der Waals surface area contributed by atoms with Crippen LogP contribution in [0.3, 0.4) is 0 Å². The van der Waals surface area contributed by atoms with Crippen LogP contribution in [0.1, 0.15) is 11.1 Å². The minimum atomic E-state index is -1.11. The molecule has 0 aromatic heterocycles. The lowest BCUT2D eigenvalue weighted by Gasteiger charge is -2.16. The van der Waals surface area contributed by atoms with E-state index in [-0.39, 0.29) is 11.7 Å². The van der Waals surface area contributed by atoms with E-state index in [1.807, 2.05) is 31.2 Å². The van der Waals surface area contributed by atoms with E-state index in [9.17, 15) is 9.59 Å². The van der Waals surface area contributed by atoms with Gasteiger partial charge in [-0.05, 0) is 30.7 Å². The van der Waals surface area contributed by atoms with E-state index < -0.39 is 12.6 Å². The van der Waals surface area contributed by atoms with Crippen LogP contribution in [0.25, 0.3) is 6.08 Å². The first-order chi connectivity index (χ1) is 13.4. The third-order valence-corrected chi connectivity index (χ3v) is 5.31. The molecule has 28 heavy (non-hydrogen) atoms. The van der Waals surface area contributed by atoms with Crippen LogP contribution in [0.15, 0.2) is 47.4 Å². The molecule has 1 saturated heterocycles. The van der Waals surface area contributed by atoms with Crippen molar-refractivity contribution in [3.05, 3.63) is 58.5 Å². The predicted molar refractivity (Wildman–Crippen MR) is 113 cm³/mol. The molecular weight excluding hydrogens is 398 g/mol. The van der Waals surface area contributed by atoms with E-state index >= 15 is 0 Å². The normalized spacial score (nSPS) is 15.2. The minimum absolute atomic E-state index is 0.240. The summed E-state index contributed by atoms with van der Waals surface area (Å²) in [5.74, 6) is -0.711. The van der Waals surface area contributed by atoms with Gasteiger partial charge in [0.15, 0.2) is 22.4 Å². The maximum Gasteiger partial charge on any atom is 0.341 e. The average Bonchev–Trinajstić information content (AvgIpc) is 2.94. The molecule has 0 bridgehead atoms. The standard InChI is InChI=1S/C20H17NO5S2/c1-12-6-3-4-8-14(12)21-19(24)16(28-20(21)27)10-13-7-5-9-15(25-2)18(13)26-11-17(22)23/h3-10H,11H2,1-2H3,(H,22,23)/b16-10+. The number of rotatable bonds is 6. The number of hydrogen-bond donors (Lipinski definition) is 1. The molecule has 1 fully saturated rings. The number of para-hydroxylation sites is 2. The molecule has 1 aliphatic heterocycles. The van der Waals surface area contributed by atoms with Gasteiger partial charge in [-0.3, -0.25) is 9.69 Å². The van der Waals surface area contributed by atoms with E-state index in [0.717, 1.165) is 11.3 Å². The van der Waals surface area contributed by atoms with Gasteiger partial charge < -0.3 is 14.6 Å². The fraction of sp³-hybridized carbons (Fsp3) is 0.150. The number of methoxy groups -OCH3 is 1. The van der Waals surface area contributed by atoms with Crippen molar-refractivity contribution in [2.24, 2.45) is 0 Å². The van der Waals surface area contributed by atoms with Crippen LogP contribution in [0.4, 0.5) is 5.69 Å². The first-order valence-electron chi connectivity index (χ1n) is 8.27.